The Labute approximate surface area is 90.1 Å². The summed E-state index contributed by atoms with van der Waals surface area (Å²) in [5, 5.41) is 0. The molecule has 0 aromatic heterocycles. The molecule has 1 atom stereocenters. The van der Waals surface area contributed by atoms with E-state index in [9.17, 15) is 4.79 Å². The van der Waals surface area contributed by atoms with Crippen molar-refractivity contribution >= 4 is 17.9 Å². The Morgan fingerprint density at radius 2 is 2.21 bits per heavy atom. The van der Waals surface area contributed by atoms with Crippen LogP contribution in [0.3, 0.4) is 0 Å². The highest BCUT2D eigenvalue weighted by Gasteiger charge is 2.20. The first-order chi connectivity index (χ1) is 6.61. The van der Waals surface area contributed by atoms with E-state index in [2.05, 4.69) is 18.6 Å². The number of ether oxygens (including phenoxy) is 1. The molecule has 0 aromatic rings. The molecule has 1 unspecified atom stereocenters. The zero-order chi connectivity index (χ0) is 11.0. The largest absolute Gasteiger partial charge is 0.463 e. The smallest absolute Gasteiger partial charge is 0.324 e. The lowest BCUT2D eigenvalue weighted by molar-refractivity contribution is -0.145. The summed E-state index contributed by atoms with van der Waals surface area (Å²) in [5.74, 6) is 0.253. The lowest BCUT2D eigenvalue weighted by Crippen LogP contribution is -2.36. The fourth-order valence-electron chi connectivity index (χ4n) is 1.07. The third kappa shape index (κ3) is 6.23. The molecule has 0 fully saturated rings. The van der Waals surface area contributed by atoms with Crippen molar-refractivity contribution in [1.82, 2.24) is 4.72 Å². The van der Waals surface area contributed by atoms with Crippen molar-refractivity contribution in [2.24, 2.45) is 11.7 Å². The fourth-order valence-corrected chi connectivity index (χ4v) is 1.54. The molecule has 5 heteroatoms. The minimum Gasteiger partial charge on any atom is -0.463 e. The molecule has 0 radical (unpaired) electrons. The highest BCUT2D eigenvalue weighted by molar-refractivity contribution is 7.96. The van der Waals surface area contributed by atoms with Gasteiger partial charge in [0.1, 0.15) is 12.6 Å². The van der Waals surface area contributed by atoms with Crippen LogP contribution in [0.15, 0.2) is 0 Å². The first-order valence-corrected chi connectivity index (χ1v) is 5.99. The summed E-state index contributed by atoms with van der Waals surface area (Å²) >= 11 is 1.43. The molecule has 0 heterocycles. The molecule has 0 saturated heterocycles. The highest BCUT2D eigenvalue weighted by atomic mass is 32.2. The van der Waals surface area contributed by atoms with Crippen LogP contribution in [0.5, 0.6) is 0 Å². The molecular weight excluding hydrogens is 200 g/mol. The number of hydrogen-bond donors (Lipinski definition) is 2. The predicted molar refractivity (Wildman–Crippen MR) is 59.9 cm³/mol. The number of hydrogen-bond acceptors (Lipinski definition) is 5. The van der Waals surface area contributed by atoms with Crippen molar-refractivity contribution < 1.29 is 9.53 Å². The van der Waals surface area contributed by atoms with Gasteiger partial charge in [0.2, 0.25) is 0 Å². The summed E-state index contributed by atoms with van der Waals surface area (Å²) in [7, 11) is 0. The normalized spacial score (nSPS) is 12.9. The fraction of sp³-hybridized carbons (Fsp3) is 0.889. The zero-order valence-corrected chi connectivity index (χ0v) is 9.89. The van der Waals surface area contributed by atoms with Crippen molar-refractivity contribution in [2.45, 2.75) is 26.3 Å². The van der Waals surface area contributed by atoms with Crippen LogP contribution < -0.4 is 10.5 Å². The van der Waals surface area contributed by atoms with Crippen LogP contribution in [-0.4, -0.2) is 31.4 Å². The zero-order valence-electron chi connectivity index (χ0n) is 9.08. The Kier molecular flexibility index (Phi) is 7.93. The predicted octanol–water partition coefficient (Wildman–Crippen LogP) is 0.771. The molecule has 0 bridgehead atoms. The summed E-state index contributed by atoms with van der Waals surface area (Å²) in [6.45, 7) is 4.82. The number of nitrogens with one attached hydrogen (secondary N) is 1. The minimum absolute atomic E-state index is 0.210. The molecule has 0 saturated carbocycles. The van der Waals surface area contributed by atoms with Gasteiger partial charge in [-0.05, 0) is 18.6 Å². The Hall–Kier alpha value is -0.260. The van der Waals surface area contributed by atoms with E-state index in [-0.39, 0.29) is 12.0 Å². The standard InChI is InChI=1S/C9H20N2O2S/c1-7(2)6-8(11-14-3)9(12)13-5-4-10/h7-8,11H,4-6,10H2,1-3H3. The molecule has 0 aliphatic carbocycles. The molecule has 0 aliphatic heterocycles. The van der Waals surface area contributed by atoms with E-state index >= 15 is 0 Å². The first kappa shape index (κ1) is 13.7. The van der Waals surface area contributed by atoms with Crippen LogP contribution in [0, 0.1) is 5.92 Å². The quantitative estimate of drug-likeness (QED) is 0.490. The van der Waals surface area contributed by atoms with Crippen molar-refractivity contribution in [3.63, 3.8) is 0 Å². The van der Waals surface area contributed by atoms with Crippen molar-refractivity contribution in [1.29, 1.82) is 0 Å². The number of nitrogens with two attached hydrogens (primary N) is 1. The highest BCUT2D eigenvalue weighted by Crippen LogP contribution is 2.08. The van der Waals surface area contributed by atoms with E-state index < -0.39 is 0 Å². The third-order valence-electron chi connectivity index (χ3n) is 1.61. The number of carbonyl (C=O) groups excluding carboxylic acids is 1. The van der Waals surface area contributed by atoms with Crippen molar-refractivity contribution in [2.75, 3.05) is 19.4 Å². The summed E-state index contributed by atoms with van der Waals surface area (Å²) in [6, 6.07) is -0.225. The molecule has 0 aromatic carbocycles. The summed E-state index contributed by atoms with van der Waals surface area (Å²) in [4.78, 5) is 11.5. The summed E-state index contributed by atoms with van der Waals surface area (Å²) in [5.41, 5.74) is 5.25. The molecule has 14 heavy (non-hydrogen) atoms. The van der Waals surface area contributed by atoms with Crippen LogP contribution >= 0.6 is 11.9 Å². The van der Waals surface area contributed by atoms with E-state index in [1.165, 1.54) is 11.9 Å². The van der Waals surface area contributed by atoms with Gasteiger partial charge in [-0.3, -0.25) is 9.52 Å². The van der Waals surface area contributed by atoms with Gasteiger partial charge in [0.05, 0.1) is 0 Å². The molecule has 0 aliphatic rings. The Morgan fingerprint density at radius 1 is 1.57 bits per heavy atom. The number of carbonyl (C=O) groups is 1. The molecule has 0 amide bonds. The van der Waals surface area contributed by atoms with E-state index in [1.807, 2.05) is 6.26 Å². The van der Waals surface area contributed by atoms with Gasteiger partial charge in [-0.1, -0.05) is 25.8 Å². The van der Waals surface area contributed by atoms with Gasteiger partial charge in [-0.15, -0.1) is 0 Å². The maximum Gasteiger partial charge on any atom is 0.324 e. The van der Waals surface area contributed by atoms with Crippen molar-refractivity contribution in [3.05, 3.63) is 0 Å². The Bertz CT molecular complexity index is 165. The summed E-state index contributed by atoms with van der Waals surface area (Å²) in [6.07, 6.45) is 2.67. The second-order valence-electron chi connectivity index (χ2n) is 3.46. The minimum atomic E-state index is -0.225. The Morgan fingerprint density at radius 3 is 2.64 bits per heavy atom. The van der Waals surface area contributed by atoms with E-state index in [4.69, 9.17) is 10.5 Å². The average molecular weight is 220 g/mol. The van der Waals surface area contributed by atoms with Gasteiger partial charge in [-0.25, -0.2) is 0 Å². The van der Waals surface area contributed by atoms with Crippen molar-refractivity contribution in [3.8, 4) is 0 Å². The van der Waals surface area contributed by atoms with Gasteiger partial charge in [0, 0.05) is 6.54 Å². The number of rotatable bonds is 7. The Balaban J connectivity index is 3.97. The van der Waals surface area contributed by atoms with Crippen LogP contribution in [-0.2, 0) is 9.53 Å². The van der Waals surface area contributed by atoms with Crippen LogP contribution in [0.25, 0.3) is 0 Å². The van der Waals surface area contributed by atoms with Gasteiger partial charge in [0.15, 0.2) is 0 Å². The van der Waals surface area contributed by atoms with E-state index in [1.54, 1.807) is 0 Å². The molecule has 4 nitrogen and oxygen atoms in total. The molecule has 0 spiro atoms. The van der Waals surface area contributed by atoms with Gasteiger partial charge in [-0.2, -0.15) is 0 Å². The average Bonchev–Trinajstić information content (AvgIpc) is 2.13. The topological polar surface area (TPSA) is 64.3 Å². The summed E-state index contributed by atoms with van der Waals surface area (Å²) < 4.78 is 7.99. The lowest BCUT2D eigenvalue weighted by Gasteiger charge is -2.17. The van der Waals surface area contributed by atoms with Gasteiger partial charge >= 0.3 is 5.97 Å². The second kappa shape index (κ2) is 8.08. The maximum atomic E-state index is 11.5. The van der Waals surface area contributed by atoms with Gasteiger partial charge < -0.3 is 10.5 Å². The maximum absolute atomic E-state index is 11.5. The first-order valence-electron chi connectivity index (χ1n) is 4.77. The lowest BCUT2D eigenvalue weighted by atomic mass is 10.1. The number of esters is 1. The van der Waals surface area contributed by atoms with Crippen LogP contribution in [0.1, 0.15) is 20.3 Å². The monoisotopic (exact) mass is 220 g/mol. The SMILES string of the molecule is CSNC(CC(C)C)C(=O)OCCN. The van der Waals surface area contributed by atoms with Crippen LogP contribution in [0.4, 0.5) is 0 Å². The molecule has 3 N–H and O–H groups in total. The molecule has 0 rings (SSSR count). The van der Waals surface area contributed by atoms with E-state index in [0.717, 1.165) is 6.42 Å². The second-order valence-corrected chi connectivity index (χ2v) is 4.10. The molecule has 84 valence electrons. The van der Waals surface area contributed by atoms with E-state index in [0.29, 0.717) is 19.1 Å². The third-order valence-corrected chi connectivity index (χ3v) is 2.13. The molecular formula is C9H20N2O2S. The van der Waals surface area contributed by atoms with Gasteiger partial charge in [0.25, 0.3) is 0 Å². The van der Waals surface area contributed by atoms with Crippen LogP contribution in [0.2, 0.25) is 0 Å².